The van der Waals surface area contributed by atoms with Crippen molar-refractivity contribution in [2.24, 2.45) is 0 Å². The molecular weight excluding hydrogens is 200 g/mol. The summed E-state index contributed by atoms with van der Waals surface area (Å²) in [5.41, 5.74) is 1.07. The maximum Gasteiger partial charge on any atom is 0.206 e. The summed E-state index contributed by atoms with van der Waals surface area (Å²) in [7, 11) is 0. The summed E-state index contributed by atoms with van der Waals surface area (Å²) in [5.74, 6) is 1.07. The van der Waals surface area contributed by atoms with E-state index in [-0.39, 0.29) is 0 Å². The van der Waals surface area contributed by atoms with Crippen molar-refractivity contribution in [3.63, 3.8) is 0 Å². The first-order valence-electron chi connectivity index (χ1n) is 5.83. The van der Waals surface area contributed by atoms with E-state index in [0.717, 1.165) is 37.8 Å². The standard InChI is InChI=1S/C12H20N4/c1-4-6-15-9-11(3)14-12(15)16-7-5-13-10(2)8-16/h4,9-10,13H,1,5-8H2,2-3H3/t10-/m0/s1. The predicted octanol–water partition coefficient (Wildman–Crippen LogP) is 1.18. The van der Waals surface area contributed by atoms with Crippen LogP contribution in [0.25, 0.3) is 0 Å². The molecule has 4 heteroatoms. The number of imidazole rings is 1. The Labute approximate surface area is 97.0 Å². The summed E-state index contributed by atoms with van der Waals surface area (Å²) in [6.45, 7) is 11.9. The molecule has 0 saturated carbocycles. The third-order valence-corrected chi connectivity index (χ3v) is 2.85. The van der Waals surface area contributed by atoms with E-state index in [9.17, 15) is 0 Å². The molecule has 0 spiro atoms. The number of anilines is 1. The minimum Gasteiger partial charge on any atom is -0.339 e. The normalized spacial score (nSPS) is 21.1. The Hall–Kier alpha value is -1.29. The lowest BCUT2D eigenvalue weighted by Crippen LogP contribution is -2.50. The summed E-state index contributed by atoms with van der Waals surface area (Å²) in [4.78, 5) is 6.95. The van der Waals surface area contributed by atoms with Crippen LogP contribution in [0.3, 0.4) is 0 Å². The molecular formula is C12H20N4. The summed E-state index contributed by atoms with van der Waals surface area (Å²) >= 11 is 0. The molecule has 4 nitrogen and oxygen atoms in total. The van der Waals surface area contributed by atoms with Crippen molar-refractivity contribution in [1.29, 1.82) is 0 Å². The lowest BCUT2D eigenvalue weighted by Gasteiger charge is -2.32. The van der Waals surface area contributed by atoms with E-state index in [4.69, 9.17) is 0 Å². The molecule has 0 unspecified atom stereocenters. The minimum absolute atomic E-state index is 0.530. The van der Waals surface area contributed by atoms with Crippen molar-refractivity contribution in [3.05, 3.63) is 24.5 Å². The smallest absolute Gasteiger partial charge is 0.206 e. The monoisotopic (exact) mass is 220 g/mol. The fourth-order valence-corrected chi connectivity index (χ4v) is 2.17. The summed E-state index contributed by atoms with van der Waals surface area (Å²) in [6, 6.07) is 0.530. The van der Waals surface area contributed by atoms with Crippen LogP contribution in [0.15, 0.2) is 18.9 Å². The van der Waals surface area contributed by atoms with Gasteiger partial charge in [-0.15, -0.1) is 6.58 Å². The zero-order valence-electron chi connectivity index (χ0n) is 10.1. The molecule has 2 heterocycles. The van der Waals surface area contributed by atoms with Crippen LogP contribution in [0.5, 0.6) is 0 Å². The third-order valence-electron chi connectivity index (χ3n) is 2.85. The molecule has 1 aromatic rings. The van der Waals surface area contributed by atoms with E-state index < -0.39 is 0 Å². The second kappa shape index (κ2) is 4.70. The van der Waals surface area contributed by atoms with Gasteiger partial charge in [0.25, 0.3) is 0 Å². The predicted molar refractivity (Wildman–Crippen MR) is 66.8 cm³/mol. The van der Waals surface area contributed by atoms with Gasteiger partial charge in [-0.3, -0.25) is 0 Å². The molecule has 0 aliphatic carbocycles. The second-order valence-electron chi connectivity index (χ2n) is 4.42. The highest BCUT2D eigenvalue weighted by Crippen LogP contribution is 2.16. The van der Waals surface area contributed by atoms with Gasteiger partial charge >= 0.3 is 0 Å². The molecule has 0 aromatic carbocycles. The number of nitrogens with zero attached hydrogens (tertiary/aromatic N) is 3. The van der Waals surface area contributed by atoms with E-state index >= 15 is 0 Å². The van der Waals surface area contributed by atoms with Gasteiger partial charge < -0.3 is 14.8 Å². The molecule has 1 N–H and O–H groups in total. The molecule has 88 valence electrons. The van der Waals surface area contributed by atoms with E-state index in [1.165, 1.54) is 0 Å². The third kappa shape index (κ3) is 2.27. The highest BCUT2D eigenvalue weighted by molar-refractivity contribution is 5.35. The van der Waals surface area contributed by atoms with E-state index in [0.29, 0.717) is 6.04 Å². The maximum absolute atomic E-state index is 4.60. The van der Waals surface area contributed by atoms with Crippen LogP contribution >= 0.6 is 0 Å². The van der Waals surface area contributed by atoms with Gasteiger partial charge in [-0.2, -0.15) is 0 Å². The molecule has 16 heavy (non-hydrogen) atoms. The largest absolute Gasteiger partial charge is 0.339 e. The van der Waals surface area contributed by atoms with Crippen LogP contribution in [0.4, 0.5) is 5.95 Å². The van der Waals surface area contributed by atoms with Gasteiger partial charge in [0.05, 0.1) is 5.69 Å². The number of hydrogen-bond acceptors (Lipinski definition) is 3. The number of hydrogen-bond donors (Lipinski definition) is 1. The lowest BCUT2D eigenvalue weighted by molar-refractivity contribution is 0.475. The Morgan fingerprint density at radius 3 is 3.19 bits per heavy atom. The Kier molecular flexibility index (Phi) is 3.29. The maximum atomic E-state index is 4.60. The van der Waals surface area contributed by atoms with Crippen molar-refractivity contribution < 1.29 is 0 Å². The van der Waals surface area contributed by atoms with Crippen molar-refractivity contribution in [3.8, 4) is 0 Å². The molecule has 1 aliphatic heterocycles. The highest BCUT2D eigenvalue weighted by atomic mass is 15.3. The van der Waals surface area contributed by atoms with Gasteiger partial charge in [0.15, 0.2) is 0 Å². The Morgan fingerprint density at radius 1 is 1.69 bits per heavy atom. The lowest BCUT2D eigenvalue weighted by atomic mass is 10.2. The fourth-order valence-electron chi connectivity index (χ4n) is 2.17. The van der Waals surface area contributed by atoms with Crippen LogP contribution in [0.1, 0.15) is 12.6 Å². The van der Waals surface area contributed by atoms with Crippen molar-refractivity contribution in [2.45, 2.75) is 26.4 Å². The average molecular weight is 220 g/mol. The molecule has 0 amide bonds. The zero-order chi connectivity index (χ0) is 11.5. The van der Waals surface area contributed by atoms with E-state index in [1.807, 2.05) is 13.0 Å². The Balaban J connectivity index is 2.20. The summed E-state index contributed by atoms with van der Waals surface area (Å²) < 4.78 is 2.17. The van der Waals surface area contributed by atoms with Crippen LogP contribution in [0.2, 0.25) is 0 Å². The second-order valence-corrected chi connectivity index (χ2v) is 4.42. The fraction of sp³-hybridized carbons (Fsp3) is 0.583. The molecule has 0 radical (unpaired) electrons. The van der Waals surface area contributed by atoms with E-state index in [1.54, 1.807) is 0 Å². The first kappa shape index (κ1) is 11.2. The first-order valence-corrected chi connectivity index (χ1v) is 5.83. The molecule has 0 bridgehead atoms. The molecule has 1 aliphatic rings. The number of allylic oxidation sites excluding steroid dienone is 1. The number of aromatic nitrogens is 2. The van der Waals surface area contributed by atoms with Gasteiger partial charge in [0.1, 0.15) is 0 Å². The minimum atomic E-state index is 0.530. The van der Waals surface area contributed by atoms with Gasteiger partial charge in [0.2, 0.25) is 5.95 Å². The highest BCUT2D eigenvalue weighted by Gasteiger charge is 2.19. The van der Waals surface area contributed by atoms with Crippen LogP contribution in [0, 0.1) is 6.92 Å². The van der Waals surface area contributed by atoms with Crippen LogP contribution in [-0.2, 0) is 6.54 Å². The van der Waals surface area contributed by atoms with Gasteiger partial charge in [0, 0.05) is 38.4 Å². The van der Waals surface area contributed by atoms with Crippen LogP contribution in [-0.4, -0.2) is 35.2 Å². The summed E-state index contributed by atoms with van der Waals surface area (Å²) in [5, 5.41) is 3.44. The average Bonchev–Trinajstić information content (AvgIpc) is 2.60. The summed E-state index contributed by atoms with van der Waals surface area (Å²) in [6.07, 6.45) is 4.00. The number of piperazine rings is 1. The van der Waals surface area contributed by atoms with Crippen molar-refractivity contribution in [1.82, 2.24) is 14.9 Å². The van der Waals surface area contributed by atoms with Crippen molar-refractivity contribution in [2.75, 3.05) is 24.5 Å². The Bertz CT molecular complexity index is 369. The topological polar surface area (TPSA) is 33.1 Å². The van der Waals surface area contributed by atoms with E-state index in [2.05, 4.69) is 39.5 Å². The number of aryl methyl sites for hydroxylation is 1. The van der Waals surface area contributed by atoms with Crippen molar-refractivity contribution >= 4 is 5.95 Å². The SMILES string of the molecule is C=CCn1cc(C)nc1N1CCN[C@@H](C)C1. The van der Waals surface area contributed by atoms with Gasteiger partial charge in [-0.25, -0.2) is 4.98 Å². The zero-order valence-corrected chi connectivity index (χ0v) is 10.1. The first-order chi connectivity index (χ1) is 7.70. The number of nitrogens with one attached hydrogen (secondary N) is 1. The van der Waals surface area contributed by atoms with Gasteiger partial charge in [-0.1, -0.05) is 6.08 Å². The molecule has 1 saturated heterocycles. The molecule has 1 fully saturated rings. The quantitative estimate of drug-likeness (QED) is 0.776. The number of rotatable bonds is 3. The Morgan fingerprint density at radius 2 is 2.50 bits per heavy atom. The van der Waals surface area contributed by atoms with Gasteiger partial charge in [-0.05, 0) is 13.8 Å². The molecule has 2 rings (SSSR count). The molecule has 1 atom stereocenters. The van der Waals surface area contributed by atoms with Crippen LogP contribution < -0.4 is 10.2 Å². The molecule has 1 aromatic heterocycles.